The standard InChI is InChI=1S/2C16H10N4O4/c2*21-15(22)11-5-1-9(2-6-11)13-17-19-14(20-18-13)10-3-7-12(8-4-10)16(23)24/h2*1-8H,(H,21,22)(H,23,24). The van der Waals surface area contributed by atoms with E-state index >= 15 is 0 Å². The normalized spacial score (nSPS) is 10.3. The zero-order chi connectivity index (χ0) is 34.2. The smallest absolute Gasteiger partial charge is 0.335 e. The first-order valence-corrected chi connectivity index (χ1v) is 13.6. The van der Waals surface area contributed by atoms with Crippen molar-refractivity contribution in [3.05, 3.63) is 119 Å². The number of hydrogen-bond donors (Lipinski definition) is 4. The highest BCUT2D eigenvalue weighted by atomic mass is 16.4. The van der Waals surface area contributed by atoms with Crippen molar-refractivity contribution < 1.29 is 39.6 Å². The molecule has 0 saturated heterocycles. The van der Waals surface area contributed by atoms with Gasteiger partial charge in [-0.25, -0.2) is 19.2 Å². The first-order chi connectivity index (χ1) is 23.1. The third-order valence-electron chi connectivity index (χ3n) is 6.52. The van der Waals surface area contributed by atoms with Gasteiger partial charge in [-0.3, -0.25) is 0 Å². The quantitative estimate of drug-likeness (QED) is 0.183. The van der Waals surface area contributed by atoms with Crippen molar-refractivity contribution in [3.8, 4) is 45.6 Å². The SMILES string of the molecule is O=C(O)c1ccc(-c2nnc(-c3ccc(C(=O)O)cc3)nn2)cc1.O=C(O)c1ccc(-c2nnc(-c3ccc(C(=O)O)cc3)nn2)cc1. The van der Waals surface area contributed by atoms with Crippen LogP contribution in [0, 0.1) is 0 Å². The molecule has 0 unspecified atom stereocenters. The fraction of sp³-hybridized carbons (Fsp3) is 0. The Labute approximate surface area is 269 Å². The maximum Gasteiger partial charge on any atom is 0.335 e. The predicted octanol–water partition coefficient (Wildman–Crippen LogP) is 3.99. The summed E-state index contributed by atoms with van der Waals surface area (Å²) in [5, 5.41) is 67.2. The van der Waals surface area contributed by atoms with Crippen LogP contribution in [0.5, 0.6) is 0 Å². The highest BCUT2D eigenvalue weighted by molar-refractivity contribution is 5.89. The second-order valence-corrected chi connectivity index (χ2v) is 9.62. The number of carboxylic acids is 4. The first-order valence-electron chi connectivity index (χ1n) is 13.6. The van der Waals surface area contributed by atoms with Gasteiger partial charge >= 0.3 is 23.9 Å². The third-order valence-corrected chi connectivity index (χ3v) is 6.52. The molecule has 0 amide bonds. The summed E-state index contributed by atoms with van der Waals surface area (Å²) in [6, 6.07) is 24.1. The fourth-order valence-electron chi connectivity index (χ4n) is 3.97. The van der Waals surface area contributed by atoms with Gasteiger partial charge in [0.05, 0.1) is 22.3 Å². The molecule has 6 aromatic rings. The van der Waals surface area contributed by atoms with Gasteiger partial charge in [0.15, 0.2) is 0 Å². The zero-order valence-corrected chi connectivity index (χ0v) is 24.2. The number of carbonyl (C=O) groups is 4. The number of aromatic carboxylic acids is 4. The number of hydrogen-bond acceptors (Lipinski definition) is 12. The Bertz CT molecular complexity index is 1780. The number of carboxylic acid groups (broad SMARTS) is 4. The van der Waals surface area contributed by atoms with E-state index in [1.165, 1.54) is 48.5 Å². The van der Waals surface area contributed by atoms with Crippen molar-refractivity contribution in [3.63, 3.8) is 0 Å². The summed E-state index contributed by atoms with van der Waals surface area (Å²) < 4.78 is 0. The molecule has 2 heterocycles. The second kappa shape index (κ2) is 14.2. The topological polar surface area (TPSA) is 252 Å². The minimum Gasteiger partial charge on any atom is -0.478 e. The molecule has 2 aromatic heterocycles. The van der Waals surface area contributed by atoms with Gasteiger partial charge in [0, 0.05) is 22.3 Å². The van der Waals surface area contributed by atoms with Crippen LogP contribution < -0.4 is 0 Å². The van der Waals surface area contributed by atoms with Crippen molar-refractivity contribution >= 4 is 23.9 Å². The lowest BCUT2D eigenvalue weighted by Gasteiger charge is -2.02. The highest BCUT2D eigenvalue weighted by Crippen LogP contribution is 2.19. The van der Waals surface area contributed by atoms with Crippen LogP contribution in [-0.2, 0) is 0 Å². The highest BCUT2D eigenvalue weighted by Gasteiger charge is 2.11. The summed E-state index contributed by atoms with van der Waals surface area (Å²) in [6.07, 6.45) is 0. The third kappa shape index (κ3) is 7.64. The molecule has 16 nitrogen and oxygen atoms in total. The van der Waals surface area contributed by atoms with Crippen LogP contribution in [0.2, 0.25) is 0 Å². The summed E-state index contributed by atoms with van der Waals surface area (Å²) in [6.45, 7) is 0. The molecular formula is C32H20N8O8. The Kier molecular flexibility index (Phi) is 9.46. The minimum absolute atomic E-state index is 0.162. The number of benzene rings is 4. The van der Waals surface area contributed by atoms with E-state index in [0.717, 1.165) is 0 Å². The Hall–Kier alpha value is -7.36. The lowest BCUT2D eigenvalue weighted by atomic mass is 10.1. The van der Waals surface area contributed by atoms with Crippen LogP contribution in [-0.4, -0.2) is 85.1 Å². The molecule has 4 aromatic carbocycles. The largest absolute Gasteiger partial charge is 0.478 e. The van der Waals surface area contributed by atoms with Gasteiger partial charge in [0.1, 0.15) is 0 Å². The number of nitrogens with zero attached hydrogens (tertiary/aromatic N) is 8. The summed E-state index contributed by atoms with van der Waals surface area (Å²) in [5.41, 5.74) is 3.01. The molecule has 0 aliphatic rings. The molecule has 16 heteroatoms. The molecule has 0 atom stereocenters. The summed E-state index contributed by atoms with van der Waals surface area (Å²) in [4.78, 5) is 43.3. The monoisotopic (exact) mass is 644 g/mol. The molecule has 0 aliphatic heterocycles. The van der Waals surface area contributed by atoms with Gasteiger partial charge < -0.3 is 20.4 Å². The minimum atomic E-state index is -1.01. The first kappa shape index (κ1) is 32.0. The molecule has 4 N–H and O–H groups in total. The fourth-order valence-corrected chi connectivity index (χ4v) is 3.97. The molecular weight excluding hydrogens is 624 g/mol. The van der Waals surface area contributed by atoms with Crippen molar-refractivity contribution in [2.45, 2.75) is 0 Å². The molecule has 236 valence electrons. The van der Waals surface area contributed by atoms with Crippen LogP contribution in [0.3, 0.4) is 0 Å². The maximum absolute atomic E-state index is 10.8. The Morgan fingerprint density at radius 3 is 0.562 bits per heavy atom. The molecule has 0 saturated carbocycles. The van der Waals surface area contributed by atoms with Gasteiger partial charge in [-0.2, -0.15) is 0 Å². The van der Waals surface area contributed by atoms with E-state index in [0.29, 0.717) is 22.3 Å². The van der Waals surface area contributed by atoms with Crippen LogP contribution in [0.25, 0.3) is 45.6 Å². The average molecular weight is 645 g/mol. The van der Waals surface area contributed by atoms with E-state index in [1.807, 2.05) is 0 Å². The van der Waals surface area contributed by atoms with Crippen LogP contribution in [0.4, 0.5) is 0 Å². The molecule has 0 fully saturated rings. The van der Waals surface area contributed by atoms with E-state index in [2.05, 4.69) is 40.8 Å². The van der Waals surface area contributed by atoms with Crippen molar-refractivity contribution in [1.29, 1.82) is 0 Å². The van der Waals surface area contributed by atoms with E-state index in [-0.39, 0.29) is 45.6 Å². The Balaban J connectivity index is 0.000000188. The Morgan fingerprint density at radius 1 is 0.292 bits per heavy atom. The number of rotatable bonds is 8. The van der Waals surface area contributed by atoms with Gasteiger partial charge in [0.25, 0.3) is 0 Å². The lowest BCUT2D eigenvalue weighted by Crippen LogP contribution is -2.01. The van der Waals surface area contributed by atoms with Crippen LogP contribution in [0.1, 0.15) is 41.4 Å². The summed E-state index contributed by atoms with van der Waals surface area (Å²) >= 11 is 0. The second-order valence-electron chi connectivity index (χ2n) is 9.62. The Morgan fingerprint density at radius 2 is 0.438 bits per heavy atom. The van der Waals surface area contributed by atoms with Gasteiger partial charge in [-0.1, -0.05) is 48.5 Å². The van der Waals surface area contributed by atoms with Crippen molar-refractivity contribution in [1.82, 2.24) is 40.8 Å². The van der Waals surface area contributed by atoms with Crippen molar-refractivity contribution in [2.75, 3.05) is 0 Å². The van der Waals surface area contributed by atoms with E-state index in [4.69, 9.17) is 20.4 Å². The molecule has 0 radical (unpaired) electrons. The average Bonchev–Trinajstić information content (AvgIpc) is 3.12. The van der Waals surface area contributed by atoms with Crippen LogP contribution in [0.15, 0.2) is 97.1 Å². The summed E-state index contributed by atoms with van der Waals surface area (Å²) in [7, 11) is 0. The molecule has 6 rings (SSSR count). The maximum atomic E-state index is 10.8. The molecule has 48 heavy (non-hydrogen) atoms. The van der Waals surface area contributed by atoms with Gasteiger partial charge in [-0.15, -0.1) is 40.8 Å². The van der Waals surface area contributed by atoms with Crippen molar-refractivity contribution in [2.24, 2.45) is 0 Å². The molecule has 0 aliphatic carbocycles. The molecule has 0 spiro atoms. The van der Waals surface area contributed by atoms with E-state index < -0.39 is 23.9 Å². The van der Waals surface area contributed by atoms with E-state index in [9.17, 15) is 19.2 Å². The van der Waals surface area contributed by atoms with Gasteiger partial charge in [-0.05, 0) is 48.5 Å². The van der Waals surface area contributed by atoms with Gasteiger partial charge in [0.2, 0.25) is 23.3 Å². The zero-order valence-electron chi connectivity index (χ0n) is 24.2. The summed E-state index contributed by atoms with van der Waals surface area (Å²) in [5.74, 6) is -3.01. The van der Waals surface area contributed by atoms with Crippen LogP contribution >= 0.6 is 0 Å². The molecule has 0 bridgehead atoms. The van der Waals surface area contributed by atoms with E-state index in [1.54, 1.807) is 48.5 Å². The number of aromatic nitrogens is 8. The predicted molar refractivity (Wildman–Crippen MR) is 165 cm³/mol. The lowest BCUT2D eigenvalue weighted by molar-refractivity contribution is 0.0686.